The maximum Gasteiger partial charge on any atom is 0.152 e. The molecule has 2 aromatic carbocycles. The molecule has 1 heterocycles. The minimum atomic E-state index is -0.0284. The van der Waals surface area contributed by atoms with Crippen molar-refractivity contribution < 1.29 is 4.74 Å². The second-order valence-corrected chi connectivity index (χ2v) is 10.5. The zero-order valence-corrected chi connectivity index (χ0v) is 22.3. The highest BCUT2D eigenvalue weighted by atomic mass is 16.5. The second-order valence-electron chi connectivity index (χ2n) is 10.5. The van der Waals surface area contributed by atoms with Crippen molar-refractivity contribution in [2.24, 2.45) is 0 Å². The number of nitrogens with zero attached hydrogens (tertiary/aromatic N) is 3. The molecule has 4 nitrogen and oxygen atoms in total. The lowest BCUT2D eigenvalue weighted by Gasteiger charge is -2.25. The molecule has 0 spiro atoms. The standard InChI is InChI=1S/C32H45N3O/c1-2-3-12-21-32(36-30-19-15-9-7-5-4-6-8-10-16-20-30)35-26-31(33-34-35)29-24-22-28(23-25-29)27-17-13-11-14-18-27/h11,13-14,17-18,22-26,30,32H,2-10,12,15-16,19-21H2,1H3. The fourth-order valence-electron chi connectivity index (χ4n) is 5.33. The van der Waals surface area contributed by atoms with Crippen molar-refractivity contribution in [3.8, 4) is 22.4 Å². The first-order valence-electron chi connectivity index (χ1n) is 14.6. The van der Waals surface area contributed by atoms with Crippen LogP contribution in [0.25, 0.3) is 22.4 Å². The van der Waals surface area contributed by atoms with Gasteiger partial charge in [0.25, 0.3) is 0 Å². The van der Waals surface area contributed by atoms with Crippen LogP contribution in [0.1, 0.15) is 109 Å². The highest BCUT2D eigenvalue weighted by Crippen LogP contribution is 2.28. The van der Waals surface area contributed by atoms with Crippen molar-refractivity contribution in [3.05, 3.63) is 60.8 Å². The van der Waals surface area contributed by atoms with Gasteiger partial charge in [-0.1, -0.05) is 137 Å². The van der Waals surface area contributed by atoms with Gasteiger partial charge in [0, 0.05) is 5.56 Å². The van der Waals surface area contributed by atoms with Crippen LogP contribution in [0.2, 0.25) is 0 Å². The molecule has 1 atom stereocenters. The molecule has 1 unspecified atom stereocenters. The maximum atomic E-state index is 6.81. The van der Waals surface area contributed by atoms with Gasteiger partial charge in [-0.25, -0.2) is 4.68 Å². The summed E-state index contributed by atoms with van der Waals surface area (Å²) in [6, 6.07) is 19.1. The van der Waals surface area contributed by atoms with E-state index in [9.17, 15) is 0 Å². The van der Waals surface area contributed by atoms with Crippen molar-refractivity contribution >= 4 is 0 Å². The van der Waals surface area contributed by atoms with Gasteiger partial charge in [-0.2, -0.15) is 0 Å². The van der Waals surface area contributed by atoms with Crippen molar-refractivity contribution in [1.29, 1.82) is 0 Å². The number of hydrogen-bond donors (Lipinski definition) is 0. The summed E-state index contributed by atoms with van der Waals surface area (Å²) in [5, 5.41) is 9.11. The smallest absolute Gasteiger partial charge is 0.152 e. The molecule has 0 bridgehead atoms. The van der Waals surface area contributed by atoms with Crippen molar-refractivity contribution in [2.75, 3.05) is 0 Å². The minimum absolute atomic E-state index is 0.0284. The molecule has 194 valence electrons. The Labute approximate surface area is 218 Å². The van der Waals surface area contributed by atoms with E-state index >= 15 is 0 Å². The van der Waals surface area contributed by atoms with Gasteiger partial charge < -0.3 is 4.74 Å². The summed E-state index contributed by atoms with van der Waals surface area (Å²) in [5.41, 5.74) is 4.46. The van der Waals surface area contributed by atoms with Gasteiger partial charge in [0.1, 0.15) is 5.69 Å². The molecule has 0 saturated heterocycles. The first-order valence-corrected chi connectivity index (χ1v) is 14.6. The molecule has 0 N–H and O–H groups in total. The van der Waals surface area contributed by atoms with E-state index in [4.69, 9.17) is 4.74 Å². The minimum Gasteiger partial charge on any atom is -0.353 e. The first-order chi connectivity index (χ1) is 17.8. The van der Waals surface area contributed by atoms with Crippen molar-refractivity contribution in [2.45, 2.75) is 116 Å². The second kappa shape index (κ2) is 14.9. The lowest BCUT2D eigenvalue weighted by molar-refractivity contribution is -0.0744. The molecule has 1 saturated carbocycles. The van der Waals surface area contributed by atoms with Crippen LogP contribution in [0, 0.1) is 0 Å². The molecule has 0 aliphatic heterocycles. The van der Waals surface area contributed by atoms with Crippen LogP contribution >= 0.6 is 0 Å². The van der Waals surface area contributed by atoms with E-state index in [-0.39, 0.29) is 6.23 Å². The quantitative estimate of drug-likeness (QED) is 0.282. The van der Waals surface area contributed by atoms with Crippen molar-refractivity contribution in [3.63, 3.8) is 0 Å². The van der Waals surface area contributed by atoms with Crippen LogP contribution in [-0.2, 0) is 4.74 Å². The predicted octanol–water partition coefficient (Wildman–Crippen LogP) is 9.38. The Balaban J connectivity index is 1.44. The molecule has 1 fully saturated rings. The Morgan fingerprint density at radius 3 is 1.97 bits per heavy atom. The summed E-state index contributed by atoms with van der Waals surface area (Å²) in [6.07, 6.45) is 21.6. The summed E-state index contributed by atoms with van der Waals surface area (Å²) < 4.78 is 8.81. The lowest BCUT2D eigenvalue weighted by Crippen LogP contribution is -2.22. The molecule has 3 aromatic rings. The number of hydrogen-bond acceptors (Lipinski definition) is 3. The summed E-state index contributed by atoms with van der Waals surface area (Å²) in [4.78, 5) is 0. The fraction of sp³-hybridized carbons (Fsp3) is 0.562. The van der Waals surface area contributed by atoms with Crippen LogP contribution < -0.4 is 0 Å². The Kier molecular flexibility index (Phi) is 11.0. The van der Waals surface area contributed by atoms with Gasteiger partial charge in [0.2, 0.25) is 0 Å². The monoisotopic (exact) mass is 487 g/mol. The summed E-state index contributed by atoms with van der Waals surface area (Å²) in [5.74, 6) is 0. The first kappa shape index (κ1) is 26.6. The molecular formula is C32H45N3O. The Hall–Kier alpha value is -2.46. The van der Waals surface area contributed by atoms with Gasteiger partial charge in [-0.15, -0.1) is 5.10 Å². The summed E-state index contributed by atoms with van der Waals surface area (Å²) in [7, 11) is 0. The molecule has 1 aromatic heterocycles. The molecule has 36 heavy (non-hydrogen) atoms. The predicted molar refractivity (Wildman–Crippen MR) is 150 cm³/mol. The zero-order chi connectivity index (χ0) is 24.8. The molecule has 1 aliphatic carbocycles. The Morgan fingerprint density at radius 1 is 0.750 bits per heavy atom. The van der Waals surface area contributed by atoms with Crippen LogP contribution in [0.15, 0.2) is 60.8 Å². The number of unbranched alkanes of at least 4 members (excludes halogenated alkanes) is 2. The molecular weight excluding hydrogens is 442 g/mol. The SMILES string of the molecule is CCCCCC(OC1CCCCCCCCCCC1)n1cc(-c2ccc(-c3ccccc3)cc2)nn1. The zero-order valence-electron chi connectivity index (χ0n) is 22.3. The number of aromatic nitrogens is 3. The lowest BCUT2D eigenvalue weighted by atomic mass is 9.99. The van der Waals surface area contributed by atoms with E-state index < -0.39 is 0 Å². The van der Waals surface area contributed by atoms with E-state index in [0.717, 1.165) is 24.1 Å². The third-order valence-electron chi connectivity index (χ3n) is 7.55. The third-order valence-corrected chi connectivity index (χ3v) is 7.55. The third kappa shape index (κ3) is 8.30. The summed E-state index contributed by atoms with van der Waals surface area (Å²) in [6.45, 7) is 2.26. The van der Waals surface area contributed by atoms with E-state index in [1.54, 1.807) is 0 Å². The van der Waals surface area contributed by atoms with E-state index in [1.165, 1.54) is 94.6 Å². The topological polar surface area (TPSA) is 39.9 Å². The fourth-order valence-corrected chi connectivity index (χ4v) is 5.33. The van der Waals surface area contributed by atoms with Crippen LogP contribution in [0.4, 0.5) is 0 Å². The number of benzene rings is 2. The van der Waals surface area contributed by atoms with Gasteiger partial charge in [0.05, 0.1) is 12.3 Å². The number of ether oxygens (including phenoxy) is 1. The average molecular weight is 488 g/mol. The molecule has 1 aliphatic rings. The summed E-state index contributed by atoms with van der Waals surface area (Å²) >= 11 is 0. The van der Waals surface area contributed by atoms with Crippen LogP contribution in [0.3, 0.4) is 0 Å². The van der Waals surface area contributed by atoms with E-state index in [0.29, 0.717) is 6.10 Å². The number of rotatable bonds is 9. The van der Waals surface area contributed by atoms with Crippen LogP contribution in [-0.4, -0.2) is 21.1 Å². The van der Waals surface area contributed by atoms with E-state index in [2.05, 4.69) is 78.0 Å². The molecule has 0 radical (unpaired) electrons. The Morgan fingerprint density at radius 2 is 1.33 bits per heavy atom. The Bertz CT molecular complexity index is 970. The highest BCUT2D eigenvalue weighted by Gasteiger charge is 2.20. The van der Waals surface area contributed by atoms with Gasteiger partial charge in [-0.05, 0) is 36.8 Å². The van der Waals surface area contributed by atoms with E-state index in [1.807, 2.05) is 4.68 Å². The van der Waals surface area contributed by atoms with Gasteiger partial charge in [-0.3, -0.25) is 0 Å². The molecule has 4 heteroatoms. The normalized spacial score (nSPS) is 17.2. The van der Waals surface area contributed by atoms with Gasteiger partial charge in [0.15, 0.2) is 6.23 Å². The molecule has 0 amide bonds. The average Bonchev–Trinajstić information content (AvgIpc) is 3.40. The largest absolute Gasteiger partial charge is 0.353 e. The highest BCUT2D eigenvalue weighted by molar-refractivity contribution is 5.68. The maximum absolute atomic E-state index is 6.81. The van der Waals surface area contributed by atoms with Gasteiger partial charge >= 0.3 is 0 Å². The van der Waals surface area contributed by atoms with Crippen molar-refractivity contribution in [1.82, 2.24) is 15.0 Å². The van der Waals surface area contributed by atoms with Crippen LogP contribution in [0.5, 0.6) is 0 Å². The molecule has 4 rings (SSSR count).